The lowest BCUT2D eigenvalue weighted by Gasteiger charge is -2.18. The Hall–Kier alpha value is -0.870. The van der Waals surface area contributed by atoms with E-state index < -0.39 is 11.9 Å². The molecule has 13 heavy (non-hydrogen) atoms. The van der Waals surface area contributed by atoms with Crippen LogP contribution < -0.4 is 5.32 Å². The fourth-order valence-corrected chi connectivity index (χ4v) is 2.19. The largest absolute Gasteiger partial charge is 0.481 e. The molecule has 0 spiro atoms. The lowest BCUT2D eigenvalue weighted by molar-refractivity contribution is -0.142. The van der Waals surface area contributed by atoms with Gasteiger partial charge < -0.3 is 10.4 Å². The van der Waals surface area contributed by atoms with Crippen LogP contribution in [0.3, 0.4) is 0 Å². The van der Waals surface area contributed by atoms with Crippen LogP contribution in [0, 0.1) is 5.92 Å². The third-order valence-corrected chi connectivity index (χ3v) is 3.01. The summed E-state index contributed by atoms with van der Waals surface area (Å²) in [5, 5.41) is 13.8. The van der Waals surface area contributed by atoms with Crippen LogP contribution in [0.5, 0.6) is 0 Å². The molecule has 1 aromatic heterocycles. The van der Waals surface area contributed by atoms with Crippen LogP contribution >= 0.6 is 11.3 Å². The molecule has 4 heteroatoms. The van der Waals surface area contributed by atoms with Gasteiger partial charge in [-0.3, -0.25) is 4.79 Å². The quantitative estimate of drug-likeness (QED) is 0.776. The minimum absolute atomic E-state index is 0.0856. The van der Waals surface area contributed by atoms with Gasteiger partial charge in [-0.15, -0.1) is 11.3 Å². The van der Waals surface area contributed by atoms with Crippen LogP contribution in [0.4, 0.5) is 0 Å². The Bertz CT molecular complexity index is 271. The Morgan fingerprint density at radius 3 is 2.77 bits per heavy atom. The zero-order chi connectivity index (χ0) is 9.84. The minimum Gasteiger partial charge on any atom is -0.481 e. The molecule has 2 N–H and O–H groups in total. The highest BCUT2D eigenvalue weighted by molar-refractivity contribution is 7.10. The molecule has 0 aromatic carbocycles. The Morgan fingerprint density at radius 2 is 2.38 bits per heavy atom. The molecule has 0 fully saturated rings. The van der Waals surface area contributed by atoms with Crippen molar-refractivity contribution in [1.82, 2.24) is 5.32 Å². The molecule has 0 bridgehead atoms. The Balaban J connectivity index is 2.79. The van der Waals surface area contributed by atoms with Crippen molar-refractivity contribution >= 4 is 17.3 Å². The van der Waals surface area contributed by atoms with Gasteiger partial charge in [0.25, 0.3) is 0 Å². The minimum atomic E-state index is -0.771. The van der Waals surface area contributed by atoms with Crippen LogP contribution in [-0.2, 0) is 4.79 Å². The monoisotopic (exact) mass is 199 g/mol. The van der Waals surface area contributed by atoms with E-state index >= 15 is 0 Å². The molecule has 0 amide bonds. The Kier molecular flexibility index (Phi) is 3.45. The number of thiophene rings is 1. The number of nitrogens with one attached hydrogen (secondary N) is 1. The second-order valence-electron chi connectivity index (χ2n) is 2.91. The standard InChI is InChI=1S/C9H13NO2S/c1-6(9(11)12)8(10-2)7-4-3-5-13-7/h3-6,8,10H,1-2H3,(H,11,12). The van der Waals surface area contributed by atoms with Crippen molar-refractivity contribution in [3.05, 3.63) is 22.4 Å². The van der Waals surface area contributed by atoms with Crippen molar-refractivity contribution in [2.24, 2.45) is 5.92 Å². The maximum absolute atomic E-state index is 10.8. The van der Waals surface area contributed by atoms with E-state index in [4.69, 9.17) is 5.11 Å². The summed E-state index contributed by atoms with van der Waals surface area (Å²) in [6, 6.07) is 3.79. The third-order valence-electron chi connectivity index (χ3n) is 2.05. The van der Waals surface area contributed by atoms with Gasteiger partial charge in [0.1, 0.15) is 0 Å². The van der Waals surface area contributed by atoms with Gasteiger partial charge in [-0.1, -0.05) is 13.0 Å². The summed E-state index contributed by atoms with van der Waals surface area (Å²) in [4.78, 5) is 11.8. The van der Waals surface area contributed by atoms with Crippen LogP contribution in [0.25, 0.3) is 0 Å². The summed E-state index contributed by atoms with van der Waals surface area (Å²) < 4.78 is 0. The normalized spacial score (nSPS) is 15.2. The highest BCUT2D eigenvalue weighted by Gasteiger charge is 2.23. The van der Waals surface area contributed by atoms with Crippen molar-refractivity contribution in [3.63, 3.8) is 0 Å². The maximum Gasteiger partial charge on any atom is 0.308 e. The number of hydrogen-bond acceptors (Lipinski definition) is 3. The van der Waals surface area contributed by atoms with Crippen LogP contribution in [0.2, 0.25) is 0 Å². The average molecular weight is 199 g/mol. The first-order chi connectivity index (χ1) is 6.16. The smallest absolute Gasteiger partial charge is 0.308 e. The van der Waals surface area contributed by atoms with Crippen molar-refractivity contribution in [2.75, 3.05) is 7.05 Å². The molecule has 0 aliphatic carbocycles. The predicted octanol–water partition coefficient (Wildman–Crippen LogP) is 1.73. The second-order valence-corrected chi connectivity index (χ2v) is 3.89. The summed E-state index contributed by atoms with van der Waals surface area (Å²) in [6.07, 6.45) is 0. The van der Waals surface area contributed by atoms with E-state index in [-0.39, 0.29) is 6.04 Å². The highest BCUT2D eigenvalue weighted by atomic mass is 32.1. The van der Waals surface area contributed by atoms with Gasteiger partial charge in [0.2, 0.25) is 0 Å². The fraction of sp³-hybridized carbons (Fsp3) is 0.444. The number of rotatable bonds is 4. The topological polar surface area (TPSA) is 49.3 Å². The number of aliphatic carboxylic acids is 1. The fourth-order valence-electron chi connectivity index (χ4n) is 1.25. The Morgan fingerprint density at radius 1 is 1.69 bits per heavy atom. The molecule has 1 heterocycles. The van der Waals surface area contributed by atoms with Crippen molar-refractivity contribution < 1.29 is 9.90 Å². The lowest BCUT2D eigenvalue weighted by atomic mass is 10.0. The molecule has 0 radical (unpaired) electrons. The molecule has 0 saturated carbocycles. The zero-order valence-electron chi connectivity index (χ0n) is 7.65. The van der Waals surface area contributed by atoms with Gasteiger partial charge in [0, 0.05) is 4.88 Å². The summed E-state index contributed by atoms with van der Waals surface area (Å²) in [6.45, 7) is 1.71. The van der Waals surface area contributed by atoms with Gasteiger partial charge >= 0.3 is 5.97 Å². The van der Waals surface area contributed by atoms with Crippen molar-refractivity contribution in [2.45, 2.75) is 13.0 Å². The number of carboxylic acid groups (broad SMARTS) is 1. The first kappa shape index (κ1) is 10.2. The average Bonchev–Trinajstić information content (AvgIpc) is 2.58. The van der Waals surface area contributed by atoms with Crippen LogP contribution in [0.1, 0.15) is 17.8 Å². The summed E-state index contributed by atoms with van der Waals surface area (Å²) in [5.41, 5.74) is 0. The van der Waals surface area contributed by atoms with Gasteiger partial charge in [-0.2, -0.15) is 0 Å². The lowest BCUT2D eigenvalue weighted by Crippen LogP contribution is -2.27. The maximum atomic E-state index is 10.8. The van der Waals surface area contributed by atoms with Gasteiger partial charge in [0.05, 0.1) is 12.0 Å². The van der Waals surface area contributed by atoms with Crippen LogP contribution in [-0.4, -0.2) is 18.1 Å². The van der Waals surface area contributed by atoms with Gasteiger partial charge in [-0.25, -0.2) is 0 Å². The molecular weight excluding hydrogens is 186 g/mol. The third kappa shape index (κ3) is 2.29. The van der Waals surface area contributed by atoms with E-state index in [1.54, 1.807) is 25.3 Å². The van der Waals surface area contributed by atoms with Crippen molar-refractivity contribution in [1.29, 1.82) is 0 Å². The van der Waals surface area contributed by atoms with E-state index in [0.717, 1.165) is 4.88 Å². The number of hydrogen-bond donors (Lipinski definition) is 2. The van der Waals surface area contributed by atoms with E-state index in [0.29, 0.717) is 0 Å². The molecule has 0 aliphatic heterocycles. The van der Waals surface area contributed by atoms with Gasteiger partial charge in [-0.05, 0) is 18.5 Å². The predicted molar refractivity (Wildman–Crippen MR) is 52.9 cm³/mol. The van der Waals surface area contributed by atoms with E-state index in [1.165, 1.54) is 0 Å². The second kappa shape index (κ2) is 4.39. The summed E-state index contributed by atoms with van der Waals surface area (Å²) >= 11 is 1.58. The molecule has 2 unspecified atom stereocenters. The molecule has 0 aliphatic rings. The molecular formula is C9H13NO2S. The summed E-state index contributed by atoms with van der Waals surface area (Å²) in [7, 11) is 1.78. The molecule has 1 aromatic rings. The number of carboxylic acids is 1. The molecule has 1 rings (SSSR count). The van der Waals surface area contributed by atoms with Crippen molar-refractivity contribution in [3.8, 4) is 0 Å². The van der Waals surface area contributed by atoms with E-state index in [1.807, 2.05) is 17.5 Å². The highest BCUT2D eigenvalue weighted by Crippen LogP contribution is 2.25. The Labute approximate surface area is 81.4 Å². The van der Waals surface area contributed by atoms with Gasteiger partial charge in [0.15, 0.2) is 0 Å². The first-order valence-corrected chi connectivity index (χ1v) is 4.98. The number of carbonyl (C=O) groups is 1. The SMILES string of the molecule is CNC(c1cccs1)C(C)C(=O)O. The van der Waals surface area contributed by atoms with Crippen LogP contribution in [0.15, 0.2) is 17.5 Å². The first-order valence-electron chi connectivity index (χ1n) is 4.10. The van der Waals surface area contributed by atoms with E-state index in [9.17, 15) is 4.79 Å². The van der Waals surface area contributed by atoms with E-state index in [2.05, 4.69) is 5.32 Å². The summed E-state index contributed by atoms with van der Waals surface area (Å²) in [5.74, 6) is -1.17. The molecule has 3 nitrogen and oxygen atoms in total. The molecule has 2 atom stereocenters. The molecule has 0 saturated heterocycles. The molecule has 72 valence electrons. The zero-order valence-corrected chi connectivity index (χ0v) is 8.47.